The molecular formula is C9H21NO2S. The van der Waals surface area contributed by atoms with Gasteiger partial charge in [0.1, 0.15) is 9.84 Å². The van der Waals surface area contributed by atoms with Crippen molar-refractivity contribution >= 4 is 9.84 Å². The molecule has 0 aromatic carbocycles. The van der Waals surface area contributed by atoms with Crippen LogP contribution in [0.1, 0.15) is 33.1 Å². The minimum atomic E-state index is -2.80. The molecule has 2 N–H and O–H groups in total. The topological polar surface area (TPSA) is 60.2 Å². The van der Waals surface area contributed by atoms with Gasteiger partial charge in [-0.1, -0.05) is 13.8 Å². The highest BCUT2D eigenvalue weighted by molar-refractivity contribution is 7.91. The lowest BCUT2D eigenvalue weighted by Gasteiger charge is -2.05. The Morgan fingerprint density at radius 2 is 1.77 bits per heavy atom. The maximum Gasteiger partial charge on any atom is 0.150 e. The summed E-state index contributed by atoms with van der Waals surface area (Å²) in [6.07, 6.45) is 2.28. The summed E-state index contributed by atoms with van der Waals surface area (Å²) in [5.74, 6) is 1.09. The average Bonchev–Trinajstić information content (AvgIpc) is 2.02. The van der Waals surface area contributed by atoms with Crippen molar-refractivity contribution in [3.05, 3.63) is 0 Å². The van der Waals surface area contributed by atoms with E-state index in [0.717, 1.165) is 12.8 Å². The maximum absolute atomic E-state index is 11.4. The predicted octanol–water partition coefficient (Wildman–Crippen LogP) is 1.19. The molecule has 0 heterocycles. The highest BCUT2D eigenvalue weighted by Crippen LogP contribution is 2.05. The van der Waals surface area contributed by atoms with E-state index in [4.69, 9.17) is 5.73 Å². The molecule has 0 aromatic heterocycles. The fourth-order valence-electron chi connectivity index (χ4n) is 0.984. The first-order chi connectivity index (χ1) is 5.98. The summed E-state index contributed by atoms with van der Waals surface area (Å²) in [6, 6.07) is 0. The van der Waals surface area contributed by atoms with Crippen LogP contribution in [0.3, 0.4) is 0 Å². The summed E-state index contributed by atoms with van der Waals surface area (Å²) < 4.78 is 22.7. The van der Waals surface area contributed by atoms with Crippen molar-refractivity contribution in [2.75, 3.05) is 18.1 Å². The van der Waals surface area contributed by atoms with Crippen molar-refractivity contribution in [1.82, 2.24) is 0 Å². The SMILES string of the molecule is CC(C)CCS(=O)(=O)CCCCN. The molecule has 0 aliphatic heterocycles. The fraction of sp³-hybridized carbons (Fsp3) is 1.00. The van der Waals surface area contributed by atoms with Crippen LogP contribution in [0.2, 0.25) is 0 Å². The monoisotopic (exact) mass is 207 g/mol. The van der Waals surface area contributed by atoms with E-state index in [2.05, 4.69) is 0 Å². The molecule has 0 bridgehead atoms. The molecule has 0 aliphatic carbocycles. The molecule has 0 saturated heterocycles. The first kappa shape index (κ1) is 12.9. The van der Waals surface area contributed by atoms with Gasteiger partial charge in [0.2, 0.25) is 0 Å². The molecular weight excluding hydrogens is 186 g/mol. The van der Waals surface area contributed by atoms with Crippen LogP contribution in [-0.4, -0.2) is 26.5 Å². The number of hydrogen-bond acceptors (Lipinski definition) is 3. The van der Waals surface area contributed by atoms with Gasteiger partial charge in [-0.05, 0) is 31.7 Å². The molecule has 4 heteroatoms. The summed E-state index contributed by atoms with van der Waals surface area (Å²) in [7, 11) is -2.80. The molecule has 0 unspecified atom stereocenters. The number of nitrogens with two attached hydrogens (primary N) is 1. The second-order valence-electron chi connectivity index (χ2n) is 3.83. The van der Waals surface area contributed by atoms with E-state index in [1.165, 1.54) is 0 Å². The quantitative estimate of drug-likeness (QED) is 0.638. The average molecular weight is 207 g/mol. The normalized spacial score (nSPS) is 12.3. The molecule has 0 aromatic rings. The first-order valence-corrected chi connectivity index (χ1v) is 6.70. The van der Waals surface area contributed by atoms with Crippen molar-refractivity contribution < 1.29 is 8.42 Å². The Hall–Kier alpha value is -0.0900. The van der Waals surface area contributed by atoms with Gasteiger partial charge in [-0.2, -0.15) is 0 Å². The number of unbranched alkanes of at least 4 members (excludes halogenated alkanes) is 1. The van der Waals surface area contributed by atoms with E-state index in [-0.39, 0.29) is 0 Å². The highest BCUT2D eigenvalue weighted by atomic mass is 32.2. The molecule has 0 atom stereocenters. The van der Waals surface area contributed by atoms with Gasteiger partial charge in [0, 0.05) is 0 Å². The van der Waals surface area contributed by atoms with E-state index in [1.807, 2.05) is 13.8 Å². The van der Waals surface area contributed by atoms with Crippen molar-refractivity contribution in [2.45, 2.75) is 33.1 Å². The standard InChI is InChI=1S/C9H21NO2S/c1-9(2)5-8-13(11,12)7-4-3-6-10/h9H,3-8,10H2,1-2H3. The van der Waals surface area contributed by atoms with Crippen LogP contribution < -0.4 is 5.73 Å². The van der Waals surface area contributed by atoms with E-state index in [0.29, 0.717) is 30.4 Å². The van der Waals surface area contributed by atoms with Gasteiger partial charge >= 0.3 is 0 Å². The third kappa shape index (κ3) is 8.25. The Balaban J connectivity index is 3.68. The van der Waals surface area contributed by atoms with Crippen LogP contribution in [-0.2, 0) is 9.84 Å². The summed E-state index contributed by atoms with van der Waals surface area (Å²) in [5, 5.41) is 0. The zero-order valence-electron chi connectivity index (χ0n) is 8.62. The molecule has 0 spiro atoms. The van der Waals surface area contributed by atoms with E-state index in [1.54, 1.807) is 0 Å². The van der Waals surface area contributed by atoms with E-state index < -0.39 is 9.84 Å². The Kier molecular flexibility index (Phi) is 6.33. The maximum atomic E-state index is 11.4. The van der Waals surface area contributed by atoms with E-state index >= 15 is 0 Å². The van der Waals surface area contributed by atoms with Crippen molar-refractivity contribution in [2.24, 2.45) is 11.7 Å². The number of rotatable bonds is 7. The molecule has 0 aliphatic rings. The van der Waals surface area contributed by atoms with Gasteiger partial charge in [-0.15, -0.1) is 0 Å². The van der Waals surface area contributed by atoms with Crippen LogP contribution in [0.15, 0.2) is 0 Å². The Morgan fingerprint density at radius 3 is 2.23 bits per heavy atom. The molecule has 0 amide bonds. The molecule has 0 rings (SSSR count). The van der Waals surface area contributed by atoms with Gasteiger partial charge in [0.05, 0.1) is 11.5 Å². The van der Waals surface area contributed by atoms with Gasteiger partial charge in [0.25, 0.3) is 0 Å². The lowest BCUT2D eigenvalue weighted by molar-refractivity contribution is 0.570. The van der Waals surface area contributed by atoms with Crippen molar-refractivity contribution in [3.8, 4) is 0 Å². The minimum absolute atomic E-state index is 0.302. The Morgan fingerprint density at radius 1 is 1.15 bits per heavy atom. The van der Waals surface area contributed by atoms with Crippen molar-refractivity contribution in [3.63, 3.8) is 0 Å². The molecule has 0 saturated carbocycles. The third-order valence-corrected chi connectivity index (χ3v) is 3.68. The fourth-order valence-corrected chi connectivity index (χ4v) is 2.66. The van der Waals surface area contributed by atoms with Gasteiger partial charge in [0.15, 0.2) is 0 Å². The van der Waals surface area contributed by atoms with E-state index in [9.17, 15) is 8.42 Å². The van der Waals surface area contributed by atoms with Gasteiger partial charge in [-0.25, -0.2) is 8.42 Å². The summed E-state index contributed by atoms with van der Waals surface area (Å²) in [4.78, 5) is 0. The highest BCUT2D eigenvalue weighted by Gasteiger charge is 2.10. The van der Waals surface area contributed by atoms with Gasteiger partial charge < -0.3 is 5.73 Å². The summed E-state index contributed by atoms with van der Waals surface area (Å²) in [6.45, 7) is 4.66. The van der Waals surface area contributed by atoms with Crippen LogP contribution in [0.25, 0.3) is 0 Å². The molecule has 0 radical (unpaired) electrons. The van der Waals surface area contributed by atoms with Crippen LogP contribution in [0, 0.1) is 5.92 Å². The zero-order valence-corrected chi connectivity index (χ0v) is 9.44. The third-order valence-electron chi connectivity index (χ3n) is 1.92. The molecule has 3 nitrogen and oxygen atoms in total. The number of hydrogen-bond donors (Lipinski definition) is 1. The summed E-state index contributed by atoms with van der Waals surface area (Å²) in [5.41, 5.74) is 5.29. The number of sulfone groups is 1. The lowest BCUT2D eigenvalue weighted by atomic mass is 10.2. The second kappa shape index (κ2) is 6.38. The lowest BCUT2D eigenvalue weighted by Crippen LogP contribution is -2.13. The molecule has 13 heavy (non-hydrogen) atoms. The Bertz CT molecular complexity index is 210. The van der Waals surface area contributed by atoms with Crippen molar-refractivity contribution in [1.29, 1.82) is 0 Å². The Labute approximate surface area is 81.6 Å². The second-order valence-corrected chi connectivity index (χ2v) is 6.13. The van der Waals surface area contributed by atoms with Crippen LogP contribution >= 0.6 is 0 Å². The predicted molar refractivity (Wildman–Crippen MR) is 56.4 cm³/mol. The molecule has 80 valence electrons. The minimum Gasteiger partial charge on any atom is -0.330 e. The first-order valence-electron chi connectivity index (χ1n) is 4.88. The molecule has 0 fully saturated rings. The summed E-state index contributed by atoms with van der Waals surface area (Å²) >= 11 is 0. The van der Waals surface area contributed by atoms with Crippen LogP contribution in [0.5, 0.6) is 0 Å². The zero-order chi connectivity index (χ0) is 10.3. The van der Waals surface area contributed by atoms with Crippen LogP contribution in [0.4, 0.5) is 0 Å². The largest absolute Gasteiger partial charge is 0.330 e. The smallest absolute Gasteiger partial charge is 0.150 e. The van der Waals surface area contributed by atoms with Gasteiger partial charge in [-0.3, -0.25) is 0 Å².